The van der Waals surface area contributed by atoms with Gasteiger partial charge in [0, 0.05) is 12.1 Å². The van der Waals surface area contributed by atoms with E-state index in [-0.39, 0.29) is 17.1 Å². The number of non-ortho nitro benzene ring substituents is 1. The molecular formula is C17H15N3O7. The Bertz CT molecular complexity index is 886. The van der Waals surface area contributed by atoms with Crippen LogP contribution in [0.15, 0.2) is 52.8 Å². The van der Waals surface area contributed by atoms with Gasteiger partial charge >= 0.3 is 5.97 Å². The number of rotatable bonds is 7. The molecule has 2 rings (SSSR count). The average Bonchev–Trinajstić information content (AvgIpc) is 3.16. The Labute approximate surface area is 152 Å². The summed E-state index contributed by atoms with van der Waals surface area (Å²) < 4.78 is 4.95. The van der Waals surface area contributed by atoms with E-state index in [2.05, 4.69) is 10.6 Å². The van der Waals surface area contributed by atoms with Crippen molar-refractivity contribution in [1.29, 1.82) is 0 Å². The molecule has 2 aromatic rings. The van der Waals surface area contributed by atoms with Gasteiger partial charge in [0.1, 0.15) is 11.7 Å². The highest BCUT2D eigenvalue weighted by Crippen LogP contribution is 2.14. The number of furan rings is 1. The van der Waals surface area contributed by atoms with Crippen molar-refractivity contribution in [3.63, 3.8) is 0 Å². The molecule has 0 fully saturated rings. The Balaban J connectivity index is 2.29. The van der Waals surface area contributed by atoms with Gasteiger partial charge in [-0.1, -0.05) is 0 Å². The Hall–Kier alpha value is -3.95. The van der Waals surface area contributed by atoms with Gasteiger partial charge in [-0.15, -0.1) is 0 Å². The van der Waals surface area contributed by atoms with Crippen LogP contribution in [0.5, 0.6) is 0 Å². The summed E-state index contributed by atoms with van der Waals surface area (Å²) in [6, 6.07) is 6.90. The van der Waals surface area contributed by atoms with Gasteiger partial charge in [-0.05, 0) is 42.8 Å². The van der Waals surface area contributed by atoms with Crippen LogP contribution in [-0.2, 0) is 9.59 Å². The third kappa shape index (κ3) is 5.26. The number of nitro benzene ring substituents is 1. The number of amides is 2. The van der Waals surface area contributed by atoms with Gasteiger partial charge in [0.2, 0.25) is 0 Å². The van der Waals surface area contributed by atoms with Crippen LogP contribution in [0.3, 0.4) is 0 Å². The topological polar surface area (TPSA) is 152 Å². The molecule has 10 nitrogen and oxygen atoms in total. The van der Waals surface area contributed by atoms with E-state index in [0.29, 0.717) is 5.56 Å². The van der Waals surface area contributed by atoms with E-state index in [1.165, 1.54) is 55.7 Å². The Morgan fingerprint density at radius 2 is 1.89 bits per heavy atom. The number of carboxylic acids is 1. The molecule has 1 aromatic heterocycles. The summed E-state index contributed by atoms with van der Waals surface area (Å²) in [7, 11) is 0. The molecule has 0 bridgehead atoms. The lowest BCUT2D eigenvalue weighted by Crippen LogP contribution is -2.42. The van der Waals surface area contributed by atoms with Gasteiger partial charge in [0.05, 0.1) is 11.2 Å². The molecule has 0 aliphatic heterocycles. The number of carbonyl (C=O) groups is 3. The monoisotopic (exact) mass is 373 g/mol. The van der Waals surface area contributed by atoms with Gasteiger partial charge in [-0.3, -0.25) is 24.5 Å². The molecule has 0 aliphatic rings. The first-order valence-corrected chi connectivity index (χ1v) is 7.62. The summed E-state index contributed by atoms with van der Waals surface area (Å²) >= 11 is 0. The van der Waals surface area contributed by atoms with E-state index in [1.54, 1.807) is 0 Å². The molecule has 0 aliphatic carbocycles. The van der Waals surface area contributed by atoms with E-state index >= 15 is 0 Å². The molecule has 10 heteroatoms. The molecule has 1 aromatic carbocycles. The molecule has 2 amide bonds. The van der Waals surface area contributed by atoms with Gasteiger partial charge < -0.3 is 20.2 Å². The van der Waals surface area contributed by atoms with E-state index in [1.807, 2.05) is 0 Å². The second-order valence-corrected chi connectivity index (χ2v) is 5.37. The molecule has 3 N–H and O–H groups in total. The highest BCUT2D eigenvalue weighted by molar-refractivity contribution is 6.05. The second kappa shape index (κ2) is 8.43. The highest BCUT2D eigenvalue weighted by Gasteiger charge is 2.20. The highest BCUT2D eigenvalue weighted by atomic mass is 16.6. The summed E-state index contributed by atoms with van der Waals surface area (Å²) in [6.45, 7) is 1.26. The van der Waals surface area contributed by atoms with Crippen molar-refractivity contribution in [2.24, 2.45) is 0 Å². The van der Waals surface area contributed by atoms with Crippen LogP contribution in [0.2, 0.25) is 0 Å². The molecule has 0 spiro atoms. The Morgan fingerprint density at radius 1 is 1.22 bits per heavy atom. The maximum atomic E-state index is 12.3. The fraction of sp³-hybridized carbons (Fsp3) is 0.118. The Morgan fingerprint density at radius 3 is 2.41 bits per heavy atom. The Kier molecular flexibility index (Phi) is 6.05. The molecular weight excluding hydrogens is 358 g/mol. The van der Waals surface area contributed by atoms with Crippen molar-refractivity contribution in [3.8, 4) is 0 Å². The van der Waals surface area contributed by atoms with Crippen molar-refractivity contribution in [1.82, 2.24) is 10.6 Å². The third-order valence-electron chi connectivity index (χ3n) is 3.37. The largest absolute Gasteiger partial charge is 0.480 e. The van der Waals surface area contributed by atoms with Crippen LogP contribution >= 0.6 is 0 Å². The number of nitrogens with zero attached hydrogens (tertiary/aromatic N) is 1. The number of hydrogen-bond acceptors (Lipinski definition) is 6. The van der Waals surface area contributed by atoms with E-state index < -0.39 is 28.7 Å². The number of hydrogen-bond donors (Lipinski definition) is 3. The normalized spacial score (nSPS) is 12.1. The molecule has 0 unspecified atom stereocenters. The van der Waals surface area contributed by atoms with Crippen molar-refractivity contribution in [3.05, 3.63) is 69.8 Å². The maximum Gasteiger partial charge on any atom is 0.325 e. The SMILES string of the molecule is C[C@H](NC(=O)/C(=C/c1ccc([N+](=O)[O-])cc1)NC(=O)c1ccco1)C(=O)O. The molecule has 0 radical (unpaired) electrons. The van der Waals surface area contributed by atoms with Gasteiger partial charge in [-0.25, -0.2) is 0 Å². The summed E-state index contributed by atoms with van der Waals surface area (Å²) in [6.07, 6.45) is 2.54. The maximum absolute atomic E-state index is 12.3. The first-order valence-electron chi connectivity index (χ1n) is 7.62. The zero-order chi connectivity index (χ0) is 20.0. The van der Waals surface area contributed by atoms with Crippen LogP contribution in [0.25, 0.3) is 6.08 Å². The fourth-order valence-electron chi connectivity index (χ4n) is 1.95. The van der Waals surface area contributed by atoms with E-state index in [4.69, 9.17) is 9.52 Å². The molecule has 0 saturated carbocycles. The van der Waals surface area contributed by atoms with Crippen LogP contribution in [0.4, 0.5) is 5.69 Å². The minimum atomic E-state index is -1.25. The number of aliphatic carboxylic acids is 1. The van der Waals surface area contributed by atoms with Crippen molar-refractivity contribution >= 4 is 29.5 Å². The van der Waals surface area contributed by atoms with Crippen LogP contribution in [0, 0.1) is 10.1 Å². The molecule has 1 atom stereocenters. The minimum Gasteiger partial charge on any atom is -0.480 e. The zero-order valence-corrected chi connectivity index (χ0v) is 14.0. The summed E-state index contributed by atoms with van der Waals surface area (Å²) in [5, 5.41) is 24.2. The lowest BCUT2D eigenvalue weighted by atomic mass is 10.1. The standard InChI is InChI=1S/C17H15N3O7/c1-10(17(23)24)18-15(21)13(19-16(22)14-3-2-8-27-14)9-11-4-6-12(7-5-11)20(25)26/h2-10H,1H3,(H,18,21)(H,19,22)(H,23,24)/b13-9-/t10-/m0/s1. The molecule has 27 heavy (non-hydrogen) atoms. The van der Waals surface area contributed by atoms with Crippen molar-refractivity contribution in [2.45, 2.75) is 13.0 Å². The van der Waals surface area contributed by atoms with Gasteiger partial charge in [0.15, 0.2) is 5.76 Å². The number of benzene rings is 1. The van der Waals surface area contributed by atoms with Crippen LogP contribution in [0.1, 0.15) is 23.0 Å². The van der Waals surface area contributed by atoms with Crippen LogP contribution in [-0.4, -0.2) is 33.9 Å². The predicted molar refractivity (Wildman–Crippen MR) is 92.5 cm³/mol. The first-order chi connectivity index (χ1) is 12.8. The second-order valence-electron chi connectivity index (χ2n) is 5.37. The van der Waals surface area contributed by atoms with Gasteiger partial charge in [0.25, 0.3) is 17.5 Å². The quantitative estimate of drug-likeness (QED) is 0.378. The summed E-state index contributed by atoms with van der Waals surface area (Å²) in [5.41, 5.74) is -0.0101. The summed E-state index contributed by atoms with van der Waals surface area (Å²) in [4.78, 5) is 45.5. The van der Waals surface area contributed by atoms with E-state index in [0.717, 1.165) is 0 Å². The number of nitrogens with one attached hydrogen (secondary N) is 2. The van der Waals surface area contributed by atoms with Crippen molar-refractivity contribution < 1.29 is 28.8 Å². The van der Waals surface area contributed by atoms with Crippen LogP contribution < -0.4 is 10.6 Å². The smallest absolute Gasteiger partial charge is 0.325 e. The lowest BCUT2D eigenvalue weighted by molar-refractivity contribution is -0.384. The third-order valence-corrected chi connectivity index (χ3v) is 3.37. The number of carbonyl (C=O) groups excluding carboxylic acids is 2. The lowest BCUT2D eigenvalue weighted by Gasteiger charge is -2.13. The number of carboxylic acid groups (broad SMARTS) is 1. The molecule has 1 heterocycles. The first kappa shape index (κ1) is 19.4. The number of nitro groups is 1. The molecule has 140 valence electrons. The fourth-order valence-corrected chi connectivity index (χ4v) is 1.95. The average molecular weight is 373 g/mol. The van der Waals surface area contributed by atoms with Crippen molar-refractivity contribution in [2.75, 3.05) is 0 Å². The van der Waals surface area contributed by atoms with Gasteiger partial charge in [-0.2, -0.15) is 0 Å². The predicted octanol–water partition coefficient (Wildman–Crippen LogP) is 1.55. The molecule has 0 saturated heterocycles. The van der Waals surface area contributed by atoms with E-state index in [9.17, 15) is 24.5 Å². The summed E-state index contributed by atoms with van der Waals surface area (Å²) in [5.74, 6) is -2.87. The zero-order valence-electron chi connectivity index (χ0n) is 14.0. The minimum absolute atomic E-state index is 0.0521.